The number of nitrogens with one attached hydrogen (secondary N) is 2. The van der Waals surface area contributed by atoms with Gasteiger partial charge in [-0.3, -0.25) is 9.89 Å². The van der Waals surface area contributed by atoms with E-state index in [0.29, 0.717) is 6.04 Å². The smallest absolute Gasteiger partial charge is 0.191 e. The average molecular weight is 450 g/mol. The molecule has 0 amide bonds. The van der Waals surface area contributed by atoms with E-state index in [0.717, 1.165) is 57.5 Å². The van der Waals surface area contributed by atoms with Crippen LogP contribution in [0.3, 0.4) is 0 Å². The standard InChI is InChI=1S/C17H30N4O2.HI/c1-3-18-17(19-9-8-16-7-5-12-23-16)20-14-15-6-4-10-21(15)11-13-22-2;/h5,7,12,15H,3-4,6,8-11,13-14H2,1-2H3,(H2,18,19,20);1H. The number of hydrogen-bond acceptors (Lipinski definition) is 4. The Morgan fingerprint density at radius 1 is 1.46 bits per heavy atom. The fourth-order valence-corrected chi connectivity index (χ4v) is 2.90. The molecule has 6 nitrogen and oxygen atoms in total. The van der Waals surface area contributed by atoms with Gasteiger partial charge in [-0.25, -0.2) is 0 Å². The van der Waals surface area contributed by atoms with E-state index in [4.69, 9.17) is 14.1 Å². The first-order valence-electron chi connectivity index (χ1n) is 8.61. The number of hydrogen-bond donors (Lipinski definition) is 2. The minimum absolute atomic E-state index is 0. The maximum absolute atomic E-state index is 5.35. The van der Waals surface area contributed by atoms with Crippen molar-refractivity contribution in [3.05, 3.63) is 24.2 Å². The minimum atomic E-state index is 0. The van der Waals surface area contributed by atoms with Crippen LogP contribution in [0.1, 0.15) is 25.5 Å². The molecular formula is C17H31IN4O2. The Kier molecular flexibility index (Phi) is 11.1. The van der Waals surface area contributed by atoms with Crippen molar-refractivity contribution in [2.24, 2.45) is 4.99 Å². The molecule has 2 N–H and O–H groups in total. The number of aliphatic imine (C=N–C) groups is 1. The van der Waals surface area contributed by atoms with Crippen molar-refractivity contribution in [2.45, 2.75) is 32.2 Å². The van der Waals surface area contributed by atoms with Gasteiger partial charge in [-0.15, -0.1) is 24.0 Å². The SMILES string of the molecule is CCNC(=NCC1CCCN1CCOC)NCCc1ccco1.I. The Morgan fingerprint density at radius 3 is 3.04 bits per heavy atom. The second-order valence-electron chi connectivity index (χ2n) is 5.80. The lowest BCUT2D eigenvalue weighted by Crippen LogP contribution is -2.40. The summed E-state index contributed by atoms with van der Waals surface area (Å²) in [7, 11) is 1.76. The van der Waals surface area contributed by atoms with Gasteiger partial charge in [-0.1, -0.05) is 0 Å². The molecule has 0 aromatic carbocycles. The van der Waals surface area contributed by atoms with Gasteiger partial charge < -0.3 is 19.8 Å². The van der Waals surface area contributed by atoms with Gasteiger partial charge in [0.25, 0.3) is 0 Å². The molecule has 0 aliphatic carbocycles. The molecule has 24 heavy (non-hydrogen) atoms. The number of ether oxygens (including phenoxy) is 1. The second kappa shape index (κ2) is 12.5. The van der Waals surface area contributed by atoms with Crippen LogP contribution in [0.25, 0.3) is 0 Å². The number of rotatable bonds is 9. The third-order valence-corrected chi connectivity index (χ3v) is 4.13. The van der Waals surface area contributed by atoms with E-state index in [1.54, 1.807) is 13.4 Å². The highest BCUT2D eigenvalue weighted by molar-refractivity contribution is 14.0. The number of likely N-dealkylation sites (tertiary alicyclic amines) is 1. The van der Waals surface area contributed by atoms with E-state index in [1.807, 2.05) is 12.1 Å². The molecule has 7 heteroatoms. The fraction of sp³-hybridized carbons (Fsp3) is 0.706. The molecule has 2 rings (SSSR count). The van der Waals surface area contributed by atoms with Crippen molar-refractivity contribution in [1.82, 2.24) is 15.5 Å². The monoisotopic (exact) mass is 450 g/mol. The van der Waals surface area contributed by atoms with E-state index in [9.17, 15) is 0 Å². The first-order valence-corrected chi connectivity index (χ1v) is 8.61. The number of guanidine groups is 1. The van der Waals surface area contributed by atoms with Crippen molar-refractivity contribution < 1.29 is 9.15 Å². The van der Waals surface area contributed by atoms with Crippen molar-refractivity contribution >= 4 is 29.9 Å². The summed E-state index contributed by atoms with van der Waals surface area (Å²) >= 11 is 0. The Morgan fingerprint density at radius 2 is 2.33 bits per heavy atom. The minimum Gasteiger partial charge on any atom is -0.469 e. The normalized spacial score (nSPS) is 18.4. The molecule has 2 heterocycles. The molecule has 138 valence electrons. The van der Waals surface area contributed by atoms with E-state index in [2.05, 4.69) is 22.5 Å². The van der Waals surface area contributed by atoms with Gasteiger partial charge in [0, 0.05) is 39.2 Å². The van der Waals surface area contributed by atoms with E-state index in [1.165, 1.54) is 12.8 Å². The number of furan rings is 1. The van der Waals surface area contributed by atoms with Gasteiger partial charge in [0.2, 0.25) is 0 Å². The van der Waals surface area contributed by atoms with E-state index >= 15 is 0 Å². The number of methoxy groups -OCH3 is 1. The van der Waals surface area contributed by atoms with Crippen LogP contribution in [0.15, 0.2) is 27.8 Å². The maximum atomic E-state index is 5.35. The quantitative estimate of drug-likeness (QED) is 0.343. The predicted molar refractivity (Wildman–Crippen MR) is 108 cm³/mol. The molecule has 0 saturated carbocycles. The van der Waals surface area contributed by atoms with Gasteiger partial charge in [-0.05, 0) is 38.4 Å². The summed E-state index contributed by atoms with van der Waals surface area (Å²) < 4.78 is 10.5. The zero-order chi connectivity index (χ0) is 16.3. The maximum Gasteiger partial charge on any atom is 0.191 e. The third kappa shape index (κ3) is 7.40. The van der Waals surface area contributed by atoms with Crippen molar-refractivity contribution in [1.29, 1.82) is 0 Å². The topological polar surface area (TPSA) is 62.0 Å². The summed E-state index contributed by atoms with van der Waals surface area (Å²) in [6.45, 7) is 7.55. The van der Waals surface area contributed by atoms with Crippen molar-refractivity contribution in [3.63, 3.8) is 0 Å². The first kappa shape index (κ1) is 21.2. The lowest BCUT2D eigenvalue weighted by Gasteiger charge is -2.23. The summed E-state index contributed by atoms with van der Waals surface area (Å²) in [5.74, 6) is 1.88. The van der Waals surface area contributed by atoms with Crippen molar-refractivity contribution in [2.75, 3.05) is 46.4 Å². The molecule has 1 unspecified atom stereocenters. The first-order chi connectivity index (χ1) is 11.3. The molecule has 1 aliphatic rings. The molecule has 1 atom stereocenters. The van der Waals surface area contributed by atoms with E-state index < -0.39 is 0 Å². The predicted octanol–water partition coefficient (Wildman–Crippen LogP) is 2.11. The van der Waals surface area contributed by atoms with Crippen LogP contribution >= 0.6 is 24.0 Å². The van der Waals surface area contributed by atoms with Crippen LogP contribution in [0.5, 0.6) is 0 Å². The fourth-order valence-electron chi connectivity index (χ4n) is 2.90. The van der Waals surface area contributed by atoms with Crippen LogP contribution in [-0.4, -0.2) is 63.3 Å². The van der Waals surface area contributed by atoms with Crippen LogP contribution in [0, 0.1) is 0 Å². The molecule has 1 aromatic heterocycles. The molecular weight excluding hydrogens is 419 g/mol. The molecule has 1 saturated heterocycles. The van der Waals surface area contributed by atoms with Gasteiger partial charge >= 0.3 is 0 Å². The molecule has 1 aliphatic heterocycles. The van der Waals surface area contributed by atoms with Gasteiger partial charge in [0.1, 0.15) is 5.76 Å². The van der Waals surface area contributed by atoms with Crippen molar-refractivity contribution in [3.8, 4) is 0 Å². The number of halogens is 1. The van der Waals surface area contributed by atoms with Gasteiger partial charge in [0.15, 0.2) is 5.96 Å². The Labute approximate surface area is 162 Å². The summed E-state index contributed by atoms with van der Waals surface area (Å²) in [5, 5.41) is 6.69. The zero-order valence-corrected chi connectivity index (χ0v) is 17.1. The van der Waals surface area contributed by atoms with Crippen LogP contribution in [-0.2, 0) is 11.2 Å². The third-order valence-electron chi connectivity index (χ3n) is 4.13. The van der Waals surface area contributed by atoms with Gasteiger partial charge in [-0.2, -0.15) is 0 Å². The zero-order valence-electron chi connectivity index (χ0n) is 14.8. The Bertz CT molecular complexity index is 453. The van der Waals surface area contributed by atoms with Crippen LogP contribution < -0.4 is 10.6 Å². The lowest BCUT2D eigenvalue weighted by atomic mass is 10.2. The molecule has 0 bridgehead atoms. The molecule has 1 fully saturated rings. The highest BCUT2D eigenvalue weighted by Crippen LogP contribution is 2.16. The summed E-state index contributed by atoms with van der Waals surface area (Å²) in [5.41, 5.74) is 0. The Hall–Kier alpha value is -0.800. The highest BCUT2D eigenvalue weighted by Gasteiger charge is 2.23. The Balaban J connectivity index is 0.00000288. The van der Waals surface area contributed by atoms with Crippen LogP contribution in [0.2, 0.25) is 0 Å². The van der Waals surface area contributed by atoms with Crippen LogP contribution in [0.4, 0.5) is 0 Å². The lowest BCUT2D eigenvalue weighted by molar-refractivity contribution is 0.142. The summed E-state index contributed by atoms with van der Waals surface area (Å²) in [6.07, 6.45) is 5.05. The van der Waals surface area contributed by atoms with E-state index in [-0.39, 0.29) is 24.0 Å². The summed E-state index contributed by atoms with van der Waals surface area (Å²) in [6, 6.07) is 4.45. The molecule has 1 aromatic rings. The second-order valence-corrected chi connectivity index (χ2v) is 5.80. The molecule has 0 radical (unpaired) electrons. The summed E-state index contributed by atoms with van der Waals surface area (Å²) in [4.78, 5) is 7.24. The molecule has 0 spiro atoms. The van der Waals surface area contributed by atoms with Gasteiger partial charge in [0.05, 0.1) is 19.4 Å². The average Bonchev–Trinajstić information content (AvgIpc) is 3.22. The largest absolute Gasteiger partial charge is 0.469 e. The highest BCUT2D eigenvalue weighted by atomic mass is 127. The number of nitrogens with zero attached hydrogens (tertiary/aromatic N) is 2.